The Bertz CT molecular complexity index is 715. The summed E-state index contributed by atoms with van der Waals surface area (Å²) in [4.78, 5) is 6.25. The zero-order valence-corrected chi connectivity index (χ0v) is 11.8. The summed E-state index contributed by atoms with van der Waals surface area (Å²) in [5.41, 5.74) is 2.07. The van der Waals surface area contributed by atoms with Crippen molar-refractivity contribution in [2.75, 3.05) is 7.05 Å². The van der Waals surface area contributed by atoms with E-state index in [-0.39, 0.29) is 0 Å². The van der Waals surface area contributed by atoms with Crippen LogP contribution in [-0.2, 0) is 5.54 Å². The molecule has 1 heterocycles. The normalized spacial score (nSPS) is 20.9. The van der Waals surface area contributed by atoms with E-state index in [0.29, 0.717) is 5.29 Å². The van der Waals surface area contributed by atoms with Crippen LogP contribution in [-0.4, -0.2) is 17.2 Å². The quantitative estimate of drug-likeness (QED) is 0.574. The molecule has 0 fully saturated rings. The Kier molecular flexibility index (Phi) is 3.00. The van der Waals surface area contributed by atoms with Crippen molar-refractivity contribution in [3.8, 4) is 12.3 Å². The Labute approximate surface area is 123 Å². The van der Waals surface area contributed by atoms with Gasteiger partial charge >= 0.3 is 0 Å². The molecular formula is C17H13ClN2. The number of halogens is 1. The van der Waals surface area contributed by atoms with E-state index >= 15 is 0 Å². The van der Waals surface area contributed by atoms with Crippen LogP contribution in [0.2, 0.25) is 0 Å². The number of hydrogen-bond donors (Lipinski definition) is 0. The Morgan fingerprint density at radius 1 is 1.10 bits per heavy atom. The average molecular weight is 281 g/mol. The third-order valence-corrected chi connectivity index (χ3v) is 4.02. The summed E-state index contributed by atoms with van der Waals surface area (Å²) in [5, 5.41) is 0.394. The van der Waals surface area contributed by atoms with Crippen LogP contribution in [0.25, 0.3) is 0 Å². The molecule has 3 rings (SSSR count). The maximum absolute atomic E-state index is 6.29. The van der Waals surface area contributed by atoms with Crippen LogP contribution in [0.4, 0.5) is 5.69 Å². The zero-order valence-electron chi connectivity index (χ0n) is 11.0. The molecule has 0 bridgehead atoms. The fourth-order valence-corrected chi connectivity index (χ4v) is 2.87. The molecule has 0 saturated heterocycles. The lowest BCUT2D eigenvalue weighted by Crippen LogP contribution is -2.47. The third kappa shape index (κ3) is 1.64. The first-order valence-corrected chi connectivity index (χ1v) is 6.69. The van der Waals surface area contributed by atoms with E-state index in [4.69, 9.17) is 18.0 Å². The second-order valence-corrected chi connectivity index (χ2v) is 5.02. The topological polar surface area (TPSA) is 15.6 Å². The molecular weight excluding hydrogens is 268 g/mol. The highest BCUT2D eigenvalue weighted by molar-refractivity contribution is 6.65. The van der Waals surface area contributed by atoms with E-state index in [1.165, 1.54) is 0 Å². The molecule has 1 aliphatic heterocycles. The van der Waals surface area contributed by atoms with Gasteiger partial charge in [-0.05, 0) is 23.2 Å². The van der Waals surface area contributed by atoms with Gasteiger partial charge in [0.2, 0.25) is 5.29 Å². The smallest absolute Gasteiger partial charge is 0.200 e. The van der Waals surface area contributed by atoms with Crippen LogP contribution in [0.3, 0.4) is 0 Å². The molecule has 0 amide bonds. The molecule has 3 heteroatoms. The summed E-state index contributed by atoms with van der Waals surface area (Å²) in [6.07, 6.45) is 5.93. The minimum atomic E-state index is -0.726. The highest BCUT2D eigenvalue weighted by Gasteiger charge is 2.42. The van der Waals surface area contributed by atoms with Gasteiger partial charge in [0, 0.05) is 12.6 Å². The average Bonchev–Trinajstić information content (AvgIpc) is 2.50. The van der Waals surface area contributed by atoms with Crippen molar-refractivity contribution in [2.24, 2.45) is 4.99 Å². The lowest BCUT2D eigenvalue weighted by molar-refractivity contribution is 0.342. The van der Waals surface area contributed by atoms with Gasteiger partial charge in [0.15, 0.2) is 5.54 Å². The van der Waals surface area contributed by atoms with Crippen LogP contribution in [0.15, 0.2) is 59.6 Å². The van der Waals surface area contributed by atoms with E-state index in [1.807, 2.05) is 66.5 Å². The number of para-hydroxylation sites is 1. The maximum atomic E-state index is 6.29. The molecule has 0 aliphatic carbocycles. The van der Waals surface area contributed by atoms with Gasteiger partial charge in [-0.1, -0.05) is 54.5 Å². The van der Waals surface area contributed by atoms with Crippen molar-refractivity contribution in [1.82, 2.24) is 4.90 Å². The molecule has 1 aliphatic rings. The first-order chi connectivity index (χ1) is 9.70. The molecule has 0 saturated carbocycles. The largest absolute Gasteiger partial charge is 0.326 e. The molecule has 2 nitrogen and oxygen atoms in total. The summed E-state index contributed by atoms with van der Waals surface area (Å²) in [6.45, 7) is 0. The van der Waals surface area contributed by atoms with Crippen LogP contribution in [0, 0.1) is 12.3 Å². The number of nitrogens with zero attached hydrogens (tertiary/aromatic N) is 2. The Morgan fingerprint density at radius 3 is 2.45 bits per heavy atom. The lowest BCUT2D eigenvalue weighted by atomic mass is 9.80. The second kappa shape index (κ2) is 4.70. The fraction of sp³-hybridized carbons (Fsp3) is 0.118. The fourth-order valence-electron chi connectivity index (χ4n) is 2.66. The van der Waals surface area contributed by atoms with E-state index in [1.54, 1.807) is 0 Å². The number of fused-ring (bicyclic) bond motifs is 1. The van der Waals surface area contributed by atoms with Gasteiger partial charge in [-0.15, -0.1) is 6.42 Å². The second-order valence-electron chi connectivity index (χ2n) is 4.68. The minimum Gasteiger partial charge on any atom is -0.326 e. The van der Waals surface area contributed by atoms with E-state index in [9.17, 15) is 0 Å². The predicted octanol–water partition coefficient (Wildman–Crippen LogP) is 3.74. The summed E-state index contributed by atoms with van der Waals surface area (Å²) in [6, 6.07) is 17.8. The molecule has 20 heavy (non-hydrogen) atoms. The monoisotopic (exact) mass is 280 g/mol. The van der Waals surface area contributed by atoms with Gasteiger partial charge in [-0.25, -0.2) is 4.99 Å². The molecule has 2 aromatic rings. The highest BCUT2D eigenvalue weighted by Crippen LogP contribution is 2.43. The van der Waals surface area contributed by atoms with Crippen molar-refractivity contribution in [1.29, 1.82) is 0 Å². The van der Waals surface area contributed by atoms with Crippen LogP contribution < -0.4 is 0 Å². The summed E-state index contributed by atoms with van der Waals surface area (Å²) < 4.78 is 0. The van der Waals surface area contributed by atoms with Gasteiger partial charge in [0.25, 0.3) is 0 Å². The molecule has 0 spiro atoms. The molecule has 2 aromatic carbocycles. The van der Waals surface area contributed by atoms with Gasteiger partial charge in [-0.2, -0.15) is 0 Å². The van der Waals surface area contributed by atoms with Crippen LogP contribution >= 0.6 is 11.6 Å². The SMILES string of the molecule is C#CC1(c2ccccc2)c2ccccc2N=C(Cl)N1C. The molecule has 0 N–H and O–H groups in total. The lowest BCUT2D eigenvalue weighted by Gasteiger charge is -2.42. The first kappa shape index (κ1) is 12.8. The third-order valence-electron chi connectivity index (χ3n) is 3.69. The summed E-state index contributed by atoms with van der Waals surface area (Å²) >= 11 is 6.29. The van der Waals surface area contributed by atoms with E-state index < -0.39 is 5.54 Å². The standard InChI is InChI=1S/C17H13ClN2/c1-3-17(13-9-5-4-6-10-13)14-11-7-8-12-15(14)19-16(18)20(17)2/h1,4-12H,2H3. The Hall–Kier alpha value is -2.24. The predicted molar refractivity (Wildman–Crippen MR) is 83.2 cm³/mol. The van der Waals surface area contributed by atoms with Crippen molar-refractivity contribution in [2.45, 2.75) is 5.54 Å². The number of hydrogen-bond acceptors (Lipinski definition) is 2. The van der Waals surface area contributed by atoms with Crippen molar-refractivity contribution < 1.29 is 0 Å². The van der Waals surface area contributed by atoms with Crippen LogP contribution in [0.5, 0.6) is 0 Å². The first-order valence-electron chi connectivity index (χ1n) is 6.31. The van der Waals surface area contributed by atoms with Crippen molar-refractivity contribution in [3.05, 3.63) is 65.7 Å². The maximum Gasteiger partial charge on any atom is 0.200 e. The van der Waals surface area contributed by atoms with Gasteiger partial charge in [-0.3, -0.25) is 0 Å². The van der Waals surface area contributed by atoms with Crippen molar-refractivity contribution >= 4 is 22.6 Å². The number of benzene rings is 2. The van der Waals surface area contributed by atoms with E-state index in [0.717, 1.165) is 16.8 Å². The number of amidine groups is 1. The zero-order chi connectivity index (χ0) is 14.2. The number of terminal acetylenes is 1. The van der Waals surface area contributed by atoms with Gasteiger partial charge in [0.05, 0.1) is 5.69 Å². The summed E-state index contributed by atoms with van der Waals surface area (Å²) in [5.74, 6) is 2.93. The minimum absolute atomic E-state index is 0.394. The van der Waals surface area contributed by atoms with Crippen molar-refractivity contribution in [3.63, 3.8) is 0 Å². The van der Waals surface area contributed by atoms with Gasteiger partial charge < -0.3 is 4.90 Å². The molecule has 0 radical (unpaired) electrons. The molecule has 98 valence electrons. The Balaban J connectivity index is 2.36. The molecule has 1 unspecified atom stereocenters. The highest BCUT2D eigenvalue weighted by atomic mass is 35.5. The van der Waals surface area contributed by atoms with E-state index in [2.05, 4.69) is 10.9 Å². The number of aliphatic imine (C=N–C) groups is 1. The molecule has 0 aromatic heterocycles. The molecule has 1 atom stereocenters. The summed E-state index contributed by atoms with van der Waals surface area (Å²) in [7, 11) is 1.87. The van der Waals surface area contributed by atoms with Gasteiger partial charge in [0.1, 0.15) is 0 Å². The van der Waals surface area contributed by atoms with Crippen LogP contribution in [0.1, 0.15) is 11.1 Å². The Morgan fingerprint density at radius 2 is 1.75 bits per heavy atom. The number of rotatable bonds is 1.